The first-order valence-corrected chi connectivity index (χ1v) is 5.12. The number of ether oxygens (including phenoxy) is 1. The topological polar surface area (TPSA) is 103 Å². The Morgan fingerprint density at radius 1 is 1.44 bits per heavy atom. The van der Waals surface area contributed by atoms with E-state index in [2.05, 4.69) is 30.2 Å². The van der Waals surface area contributed by atoms with E-state index >= 15 is 0 Å². The highest BCUT2D eigenvalue weighted by atomic mass is 16.5. The van der Waals surface area contributed by atoms with Gasteiger partial charge < -0.3 is 14.6 Å². The first kappa shape index (κ1) is 12.0. The molecule has 94 valence electrons. The van der Waals surface area contributed by atoms with E-state index in [0.717, 1.165) is 0 Å². The number of nitrogens with zero attached hydrogens (tertiary/aromatic N) is 4. The fraction of sp³-hybridized carbons (Fsp3) is 0.300. The average molecular weight is 249 g/mol. The third-order valence-electron chi connectivity index (χ3n) is 2.02. The molecule has 0 radical (unpaired) electrons. The number of nitrogens with one attached hydrogen (secondary N) is 1. The average Bonchev–Trinajstić information content (AvgIpc) is 2.81. The van der Waals surface area contributed by atoms with Crippen LogP contribution in [0.1, 0.15) is 22.2 Å². The van der Waals surface area contributed by atoms with E-state index in [-0.39, 0.29) is 5.69 Å². The molecule has 8 nitrogen and oxygen atoms in total. The van der Waals surface area contributed by atoms with E-state index in [4.69, 9.17) is 4.52 Å². The minimum Gasteiger partial charge on any atom is -0.464 e. The van der Waals surface area contributed by atoms with Crippen molar-refractivity contribution in [3.8, 4) is 0 Å². The van der Waals surface area contributed by atoms with Gasteiger partial charge in [-0.1, -0.05) is 5.16 Å². The Kier molecular flexibility index (Phi) is 3.46. The lowest BCUT2D eigenvalue weighted by atomic mass is 10.4. The van der Waals surface area contributed by atoms with Crippen molar-refractivity contribution < 1.29 is 14.1 Å². The van der Waals surface area contributed by atoms with Gasteiger partial charge in [-0.2, -0.15) is 4.98 Å². The van der Waals surface area contributed by atoms with Crippen LogP contribution < -0.4 is 5.32 Å². The van der Waals surface area contributed by atoms with Crippen LogP contribution in [0.4, 0.5) is 5.82 Å². The monoisotopic (exact) mass is 249 g/mol. The molecule has 2 aromatic heterocycles. The van der Waals surface area contributed by atoms with Gasteiger partial charge in [-0.15, -0.1) is 0 Å². The van der Waals surface area contributed by atoms with Crippen LogP contribution in [0.3, 0.4) is 0 Å². The quantitative estimate of drug-likeness (QED) is 0.784. The number of aryl methyl sites for hydroxylation is 1. The molecule has 1 N–H and O–H groups in total. The first-order chi connectivity index (χ1) is 8.69. The third-order valence-corrected chi connectivity index (χ3v) is 2.02. The van der Waals surface area contributed by atoms with Crippen LogP contribution in [-0.4, -0.2) is 33.2 Å². The third kappa shape index (κ3) is 2.78. The summed E-state index contributed by atoms with van der Waals surface area (Å²) in [6, 6.07) is 0. The number of carbonyl (C=O) groups excluding carboxylic acids is 1. The summed E-state index contributed by atoms with van der Waals surface area (Å²) >= 11 is 0. The van der Waals surface area contributed by atoms with Gasteiger partial charge in [0.15, 0.2) is 11.5 Å². The summed E-state index contributed by atoms with van der Waals surface area (Å²) in [5, 5.41) is 6.57. The van der Waals surface area contributed by atoms with E-state index in [1.54, 1.807) is 6.92 Å². The molecule has 18 heavy (non-hydrogen) atoms. The molecule has 8 heteroatoms. The molecule has 0 aliphatic rings. The SMILES string of the molecule is COC(=O)c1cncc(NCc2nc(C)no2)n1. The van der Waals surface area contributed by atoms with Crippen LogP contribution in [0, 0.1) is 6.92 Å². The highest BCUT2D eigenvalue weighted by molar-refractivity contribution is 5.87. The Balaban J connectivity index is 2.03. The van der Waals surface area contributed by atoms with Gasteiger partial charge in [-0.25, -0.2) is 9.78 Å². The Bertz CT molecular complexity index is 554. The lowest BCUT2D eigenvalue weighted by Crippen LogP contribution is -2.08. The van der Waals surface area contributed by atoms with Crippen molar-refractivity contribution in [1.82, 2.24) is 20.1 Å². The summed E-state index contributed by atoms with van der Waals surface area (Å²) in [5.74, 6) is 0.868. The predicted molar refractivity (Wildman–Crippen MR) is 59.7 cm³/mol. The Hall–Kier alpha value is -2.51. The van der Waals surface area contributed by atoms with Crippen molar-refractivity contribution in [1.29, 1.82) is 0 Å². The number of anilines is 1. The van der Waals surface area contributed by atoms with Crippen molar-refractivity contribution in [2.24, 2.45) is 0 Å². The maximum absolute atomic E-state index is 11.2. The maximum atomic E-state index is 11.2. The lowest BCUT2D eigenvalue weighted by Gasteiger charge is -2.03. The van der Waals surface area contributed by atoms with Crippen molar-refractivity contribution in [2.75, 3.05) is 12.4 Å². The normalized spacial score (nSPS) is 10.1. The minimum absolute atomic E-state index is 0.129. The molecule has 0 aliphatic carbocycles. The van der Waals surface area contributed by atoms with Crippen LogP contribution in [-0.2, 0) is 11.3 Å². The molecule has 0 aliphatic heterocycles. The summed E-state index contributed by atoms with van der Waals surface area (Å²) < 4.78 is 9.47. The summed E-state index contributed by atoms with van der Waals surface area (Å²) in [7, 11) is 1.28. The Labute approximate surface area is 102 Å². The van der Waals surface area contributed by atoms with E-state index in [0.29, 0.717) is 24.1 Å². The number of hydrogen-bond donors (Lipinski definition) is 1. The zero-order chi connectivity index (χ0) is 13.0. The second kappa shape index (κ2) is 5.21. The molecule has 2 rings (SSSR count). The number of carbonyl (C=O) groups is 1. The molecule has 0 fully saturated rings. The van der Waals surface area contributed by atoms with E-state index in [9.17, 15) is 4.79 Å². The van der Waals surface area contributed by atoms with E-state index < -0.39 is 5.97 Å². The number of esters is 1. The van der Waals surface area contributed by atoms with Gasteiger partial charge in [-0.05, 0) is 6.92 Å². The molecule has 0 aromatic carbocycles. The first-order valence-electron chi connectivity index (χ1n) is 5.12. The zero-order valence-corrected chi connectivity index (χ0v) is 9.88. The van der Waals surface area contributed by atoms with Gasteiger partial charge in [0, 0.05) is 0 Å². The summed E-state index contributed by atoms with van der Waals surface area (Å²) in [5.41, 5.74) is 0.129. The van der Waals surface area contributed by atoms with E-state index in [1.165, 1.54) is 19.5 Å². The molecule has 2 aromatic rings. The second-order valence-corrected chi connectivity index (χ2v) is 3.37. The smallest absolute Gasteiger partial charge is 0.358 e. The molecule has 0 saturated carbocycles. The lowest BCUT2D eigenvalue weighted by molar-refractivity contribution is 0.0593. The summed E-state index contributed by atoms with van der Waals surface area (Å²) in [4.78, 5) is 23.2. The molecular formula is C10H11N5O3. The van der Waals surface area contributed by atoms with Crippen molar-refractivity contribution >= 4 is 11.8 Å². The fourth-order valence-electron chi connectivity index (χ4n) is 1.23. The van der Waals surface area contributed by atoms with Gasteiger partial charge in [0.2, 0.25) is 5.89 Å². The zero-order valence-electron chi connectivity index (χ0n) is 9.88. The predicted octanol–water partition coefficient (Wildman–Crippen LogP) is 0.567. The van der Waals surface area contributed by atoms with Crippen LogP contribution in [0.5, 0.6) is 0 Å². The number of aromatic nitrogens is 4. The number of rotatable bonds is 4. The highest BCUT2D eigenvalue weighted by Gasteiger charge is 2.09. The fourth-order valence-corrected chi connectivity index (χ4v) is 1.23. The molecular weight excluding hydrogens is 238 g/mol. The number of hydrogen-bond acceptors (Lipinski definition) is 8. The van der Waals surface area contributed by atoms with Crippen molar-refractivity contribution in [3.05, 3.63) is 29.8 Å². The second-order valence-electron chi connectivity index (χ2n) is 3.37. The van der Waals surface area contributed by atoms with Gasteiger partial charge in [0.1, 0.15) is 5.82 Å². The largest absolute Gasteiger partial charge is 0.464 e. The van der Waals surface area contributed by atoms with Gasteiger partial charge in [-0.3, -0.25) is 4.98 Å². The van der Waals surface area contributed by atoms with Crippen LogP contribution in [0.25, 0.3) is 0 Å². The van der Waals surface area contributed by atoms with E-state index in [1.807, 2.05) is 0 Å². The van der Waals surface area contributed by atoms with Crippen LogP contribution in [0.2, 0.25) is 0 Å². The van der Waals surface area contributed by atoms with Gasteiger partial charge in [0.05, 0.1) is 26.0 Å². The Morgan fingerprint density at radius 2 is 2.28 bits per heavy atom. The molecule has 0 atom stereocenters. The maximum Gasteiger partial charge on any atom is 0.358 e. The Morgan fingerprint density at radius 3 is 2.94 bits per heavy atom. The number of methoxy groups -OCH3 is 1. The highest BCUT2D eigenvalue weighted by Crippen LogP contribution is 2.05. The molecule has 2 heterocycles. The molecule has 0 spiro atoms. The van der Waals surface area contributed by atoms with Crippen LogP contribution >= 0.6 is 0 Å². The van der Waals surface area contributed by atoms with Gasteiger partial charge in [0.25, 0.3) is 0 Å². The molecule has 0 unspecified atom stereocenters. The summed E-state index contributed by atoms with van der Waals surface area (Å²) in [6.45, 7) is 2.03. The van der Waals surface area contributed by atoms with Crippen LogP contribution in [0.15, 0.2) is 16.9 Å². The van der Waals surface area contributed by atoms with Crippen molar-refractivity contribution in [3.63, 3.8) is 0 Å². The molecule has 0 bridgehead atoms. The van der Waals surface area contributed by atoms with Crippen molar-refractivity contribution in [2.45, 2.75) is 13.5 Å². The molecule has 0 saturated heterocycles. The summed E-state index contributed by atoms with van der Waals surface area (Å²) in [6.07, 6.45) is 2.81. The standard InChI is InChI=1S/C10H11N5O3/c1-6-13-9(18-15-6)5-12-8-4-11-3-7(14-8)10(16)17-2/h3-4H,5H2,1-2H3,(H,12,14). The minimum atomic E-state index is -0.542. The molecule has 0 amide bonds. The van der Waals surface area contributed by atoms with Gasteiger partial charge >= 0.3 is 5.97 Å².